The topological polar surface area (TPSA) is 46.4 Å². The van der Waals surface area contributed by atoms with Crippen LogP contribution in [0.25, 0.3) is 5.65 Å². The largest absolute Gasteiger partial charge is 0.348 e. The smallest absolute Gasteiger partial charge is 0.271 e. The van der Waals surface area contributed by atoms with Gasteiger partial charge in [-0.15, -0.1) is 0 Å². The van der Waals surface area contributed by atoms with Crippen LogP contribution in [0.2, 0.25) is 0 Å². The van der Waals surface area contributed by atoms with Crippen LogP contribution in [-0.4, -0.2) is 21.3 Å². The zero-order valence-electron chi connectivity index (χ0n) is 12.6. The van der Waals surface area contributed by atoms with Gasteiger partial charge in [-0.3, -0.25) is 4.79 Å². The molecule has 1 saturated carbocycles. The number of pyridine rings is 1. The van der Waals surface area contributed by atoms with Crippen molar-refractivity contribution in [1.82, 2.24) is 14.7 Å². The van der Waals surface area contributed by atoms with E-state index in [1.165, 1.54) is 32.1 Å². The number of aromatic nitrogens is 2. The lowest BCUT2D eigenvalue weighted by molar-refractivity contribution is 0.0926. The third-order valence-electron chi connectivity index (χ3n) is 4.29. The molecule has 2 aromatic rings. The number of nitrogens with one attached hydrogen (secondary N) is 1. The summed E-state index contributed by atoms with van der Waals surface area (Å²) in [6.45, 7) is 2.03. The van der Waals surface area contributed by atoms with Crippen LogP contribution in [0, 0.1) is 6.92 Å². The molecule has 0 bridgehead atoms. The van der Waals surface area contributed by atoms with Gasteiger partial charge < -0.3 is 9.72 Å². The average molecular weight is 285 g/mol. The van der Waals surface area contributed by atoms with Crippen molar-refractivity contribution in [2.45, 2.75) is 57.9 Å². The highest BCUT2D eigenvalue weighted by atomic mass is 16.2. The molecule has 0 saturated heterocycles. The molecule has 1 aliphatic carbocycles. The molecule has 0 spiro atoms. The molecule has 0 radical (unpaired) electrons. The first kappa shape index (κ1) is 14.1. The number of imidazole rings is 1. The second-order valence-electron chi connectivity index (χ2n) is 6.11. The van der Waals surface area contributed by atoms with E-state index in [2.05, 4.69) is 10.3 Å². The molecule has 2 heterocycles. The first-order valence-corrected chi connectivity index (χ1v) is 7.98. The number of hydrogen-bond acceptors (Lipinski definition) is 2. The van der Waals surface area contributed by atoms with Crippen molar-refractivity contribution in [2.24, 2.45) is 0 Å². The Hall–Kier alpha value is -1.84. The first-order valence-electron chi connectivity index (χ1n) is 7.98. The van der Waals surface area contributed by atoms with Crippen molar-refractivity contribution in [3.63, 3.8) is 0 Å². The van der Waals surface area contributed by atoms with Crippen LogP contribution < -0.4 is 5.32 Å². The zero-order valence-corrected chi connectivity index (χ0v) is 12.6. The predicted octanol–water partition coefficient (Wildman–Crippen LogP) is 3.49. The molecule has 0 aromatic carbocycles. The lowest BCUT2D eigenvalue weighted by Gasteiger charge is -2.20. The quantitative estimate of drug-likeness (QED) is 0.918. The summed E-state index contributed by atoms with van der Waals surface area (Å²) in [5.74, 6) is -0.0399. The van der Waals surface area contributed by atoms with Gasteiger partial charge >= 0.3 is 0 Å². The van der Waals surface area contributed by atoms with Crippen molar-refractivity contribution >= 4 is 11.6 Å². The van der Waals surface area contributed by atoms with Gasteiger partial charge in [-0.1, -0.05) is 32.1 Å². The van der Waals surface area contributed by atoms with Crippen LogP contribution in [0.15, 0.2) is 24.5 Å². The zero-order chi connectivity index (χ0) is 14.7. The predicted molar refractivity (Wildman–Crippen MR) is 83.5 cm³/mol. The van der Waals surface area contributed by atoms with E-state index in [4.69, 9.17) is 0 Å². The Kier molecular flexibility index (Phi) is 4.23. The molecule has 1 N–H and O–H groups in total. The van der Waals surface area contributed by atoms with Crippen molar-refractivity contribution in [3.05, 3.63) is 35.8 Å². The van der Waals surface area contributed by atoms with E-state index >= 15 is 0 Å². The molecule has 0 aliphatic heterocycles. The molecule has 4 heteroatoms. The lowest BCUT2D eigenvalue weighted by Crippen LogP contribution is -2.35. The Morgan fingerprint density at radius 1 is 1.24 bits per heavy atom. The van der Waals surface area contributed by atoms with Gasteiger partial charge in [0, 0.05) is 18.4 Å². The van der Waals surface area contributed by atoms with Crippen LogP contribution in [0.3, 0.4) is 0 Å². The van der Waals surface area contributed by atoms with Gasteiger partial charge in [0.25, 0.3) is 5.91 Å². The highest BCUT2D eigenvalue weighted by Crippen LogP contribution is 2.17. The van der Waals surface area contributed by atoms with Gasteiger partial charge in [0.05, 0.1) is 0 Å². The molecule has 4 nitrogen and oxygen atoms in total. The van der Waals surface area contributed by atoms with Gasteiger partial charge in [0.15, 0.2) is 0 Å². The summed E-state index contributed by atoms with van der Waals surface area (Å²) < 4.78 is 1.90. The Balaban J connectivity index is 1.70. The van der Waals surface area contributed by atoms with E-state index in [1.807, 2.05) is 35.9 Å². The fraction of sp³-hybridized carbons (Fsp3) is 0.529. The number of amides is 1. The summed E-state index contributed by atoms with van der Waals surface area (Å²) in [6.07, 6.45) is 12.3. The summed E-state index contributed by atoms with van der Waals surface area (Å²) in [4.78, 5) is 16.8. The molecule has 112 valence electrons. The second kappa shape index (κ2) is 6.29. The molecular weight excluding hydrogens is 262 g/mol. The van der Waals surface area contributed by atoms with Gasteiger partial charge in [-0.25, -0.2) is 4.98 Å². The fourth-order valence-corrected chi connectivity index (χ4v) is 3.05. The van der Waals surface area contributed by atoms with Crippen LogP contribution in [-0.2, 0) is 0 Å². The number of carbonyl (C=O) groups excluding carboxylic acids is 1. The maximum Gasteiger partial charge on any atom is 0.271 e. The summed E-state index contributed by atoms with van der Waals surface area (Å²) in [6, 6.07) is 4.32. The minimum Gasteiger partial charge on any atom is -0.348 e. The third kappa shape index (κ3) is 3.43. The summed E-state index contributed by atoms with van der Waals surface area (Å²) >= 11 is 0. The highest BCUT2D eigenvalue weighted by molar-refractivity contribution is 5.93. The fourth-order valence-electron chi connectivity index (χ4n) is 3.05. The molecule has 0 unspecified atom stereocenters. The molecule has 2 aromatic heterocycles. The molecule has 1 amide bonds. The maximum atomic E-state index is 12.4. The van der Waals surface area contributed by atoms with E-state index in [0.29, 0.717) is 11.7 Å². The monoisotopic (exact) mass is 285 g/mol. The Bertz CT molecular complexity index is 624. The summed E-state index contributed by atoms with van der Waals surface area (Å²) in [5.41, 5.74) is 2.50. The number of carbonyl (C=O) groups is 1. The number of fused-ring (bicyclic) bond motifs is 1. The Morgan fingerprint density at radius 3 is 2.71 bits per heavy atom. The van der Waals surface area contributed by atoms with Crippen LogP contribution in [0.4, 0.5) is 0 Å². The Labute approximate surface area is 125 Å². The van der Waals surface area contributed by atoms with E-state index in [-0.39, 0.29) is 5.91 Å². The van der Waals surface area contributed by atoms with Crippen LogP contribution >= 0.6 is 0 Å². The van der Waals surface area contributed by atoms with Crippen molar-refractivity contribution < 1.29 is 4.79 Å². The van der Waals surface area contributed by atoms with E-state index in [1.54, 1.807) is 0 Å². The normalized spacial score (nSPS) is 17.4. The third-order valence-corrected chi connectivity index (χ3v) is 4.29. The van der Waals surface area contributed by atoms with Crippen molar-refractivity contribution in [1.29, 1.82) is 0 Å². The van der Waals surface area contributed by atoms with Gasteiger partial charge in [-0.2, -0.15) is 0 Å². The van der Waals surface area contributed by atoms with Gasteiger partial charge in [0.2, 0.25) is 0 Å². The van der Waals surface area contributed by atoms with Crippen LogP contribution in [0.1, 0.15) is 61.0 Å². The SMILES string of the molecule is Cc1ccn2cc(C(=O)NC3CCCCCCC3)nc2c1. The standard InChI is InChI=1S/C17H23N3O/c1-13-9-10-20-12-15(19-16(20)11-13)17(21)18-14-7-5-3-2-4-6-8-14/h9-12,14H,2-8H2,1H3,(H,18,21). The van der Waals surface area contributed by atoms with Crippen LogP contribution in [0.5, 0.6) is 0 Å². The van der Waals surface area contributed by atoms with E-state index < -0.39 is 0 Å². The second-order valence-corrected chi connectivity index (χ2v) is 6.11. The lowest BCUT2D eigenvalue weighted by atomic mass is 9.97. The number of nitrogens with zero attached hydrogens (tertiary/aromatic N) is 2. The van der Waals surface area contributed by atoms with Gasteiger partial charge in [0.1, 0.15) is 11.3 Å². The molecule has 1 aliphatic rings. The number of aryl methyl sites for hydroxylation is 1. The molecule has 0 atom stereocenters. The first-order chi connectivity index (χ1) is 10.2. The minimum absolute atomic E-state index is 0.0399. The maximum absolute atomic E-state index is 12.4. The van der Waals surface area contributed by atoms with Crippen molar-refractivity contribution in [3.8, 4) is 0 Å². The van der Waals surface area contributed by atoms with Gasteiger partial charge in [-0.05, 0) is 37.5 Å². The van der Waals surface area contributed by atoms with E-state index in [0.717, 1.165) is 24.1 Å². The molecule has 21 heavy (non-hydrogen) atoms. The highest BCUT2D eigenvalue weighted by Gasteiger charge is 2.17. The average Bonchev–Trinajstić information content (AvgIpc) is 2.84. The number of hydrogen-bond donors (Lipinski definition) is 1. The number of rotatable bonds is 2. The Morgan fingerprint density at radius 2 is 1.95 bits per heavy atom. The summed E-state index contributed by atoms with van der Waals surface area (Å²) in [5, 5.41) is 3.16. The molecular formula is C17H23N3O. The minimum atomic E-state index is -0.0399. The molecule has 1 fully saturated rings. The molecule has 3 rings (SSSR count). The summed E-state index contributed by atoms with van der Waals surface area (Å²) in [7, 11) is 0. The van der Waals surface area contributed by atoms with E-state index in [9.17, 15) is 4.79 Å². The van der Waals surface area contributed by atoms with Crippen molar-refractivity contribution in [2.75, 3.05) is 0 Å².